The van der Waals surface area contributed by atoms with Gasteiger partial charge < -0.3 is 19.4 Å². The van der Waals surface area contributed by atoms with E-state index in [0.717, 1.165) is 34.0 Å². The van der Waals surface area contributed by atoms with E-state index in [1.807, 2.05) is 37.3 Å². The molecule has 3 aromatic carbocycles. The fourth-order valence-electron chi connectivity index (χ4n) is 4.43. The van der Waals surface area contributed by atoms with Gasteiger partial charge in [0.25, 0.3) is 0 Å². The Morgan fingerprint density at radius 3 is 2.34 bits per heavy atom. The predicted molar refractivity (Wildman–Crippen MR) is 137 cm³/mol. The molecule has 0 aliphatic rings. The molecule has 4 aromatic rings. The number of rotatable bonds is 10. The molecule has 0 aliphatic carbocycles. The number of fused-ring (bicyclic) bond motifs is 1. The third-order valence-corrected chi connectivity index (χ3v) is 6.20. The van der Waals surface area contributed by atoms with Gasteiger partial charge in [-0.3, -0.25) is 4.79 Å². The second-order valence-corrected chi connectivity index (χ2v) is 8.61. The van der Waals surface area contributed by atoms with Crippen LogP contribution in [0.5, 0.6) is 11.5 Å². The Morgan fingerprint density at radius 1 is 1.00 bits per heavy atom. The maximum Gasteiger partial charge on any atom is 0.220 e. The molecule has 0 saturated carbocycles. The number of carbonyl (C=O) groups is 1. The number of para-hydroxylation sites is 1. The molecule has 0 bridgehead atoms. The summed E-state index contributed by atoms with van der Waals surface area (Å²) >= 11 is 0. The largest absolute Gasteiger partial charge is 0.497 e. The number of nitrogens with one attached hydrogen (secondary N) is 1. The maximum absolute atomic E-state index is 13.4. The van der Waals surface area contributed by atoms with Gasteiger partial charge in [0.1, 0.15) is 17.3 Å². The average molecular weight is 475 g/mol. The number of aromatic nitrogens is 1. The van der Waals surface area contributed by atoms with Gasteiger partial charge in [-0.1, -0.05) is 37.3 Å². The minimum absolute atomic E-state index is 0.00555. The summed E-state index contributed by atoms with van der Waals surface area (Å²) in [5.41, 5.74) is 4.04. The monoisotopic (exact) mass is 474 g/mol. The Kier molecular flexibility index (Phi) is 7.70. The number of benzene rings is 3. The molecule has 1 N–H and O–H groups in total. The maximum atomic E-state index is 13.4. The summed E-state index contributed by atoms with van der Waals surface area (Å²) in [6.07, 6.45) is 3.28. The van der Waals surface area contributed by atoms with E-state index in [0.29, 0.717) is 31.0 Å². The Hall–Kier alpha value is -3.80. The summed E-state index contributed by atoms with van der Waals surface area (Å²) in [5.74, 6) is 0.878. The van der Waals surface area contributed by atoms with Crippen LogP contribution in [0.2, 0.25) is 0 Å². The summed E-state index contributed by atoms with van der Waals surface area (Å²) < 4.78 is 26.6. The van der Waals surface area contributed by atoms with Crippen molar-refractivity contribution in [2.24, 2.45) is 0 Å². The fraction of sp³-hybridized carbons (Fsp3) is 0.276. The Labute approximate surface area is 205 Å². The lowest BCUT2D eigenvalue weighted by molar-refractivity contribution is -0.121. The van der Waals surface area contributed by atoms with Crippen LogP contribution in [0.1, 0.15) is 42.4 Å². The summed E-state index contributed by atoms with van der Waals surface area (Å²) in [5, 5.41) is 4.09. The first-order valence-corrected chi connectivity index (χ1v) is 11.8. The van der Waals surface area contributed by atoms with E-state index in [4.69, 9.17) is 9.47 Å². The zero-order chi connectivity index (χ0) is 24.8. The first-order valence-electron chi connectivity index (χ1n) is 11.8. The van der Waals surface area contributed by atoms with Crippen LogP contribution in [0.3, 0.4) is 0 Å². The highest BCUT2D eigenvalue weighted by Gasteiger charge is 2.24. The minimum Gasteiger partial charge on any atom is -0.497 e. The molecule has 1 amide bonds. The van der Waals surface area contributed by atoms with Crippen LogP contribution in [-0.2, 0) is 11.3 Å². The molecule has 35 heavy (non-hydrogen) atoms. The Bertz CT molecular complexity index is 1280. The topological polar surface area (TPSA) is 52.5 Å². The van der Waals surface area contributed by atoms with E-state index >= 15 is 0 Å². The van der Waals surface area contributed by atoms with Gasteiger partial charge in [-0.15, -0.1) is 0 Å². The molecule has 1 aromatic heterocycles. The first kappa shape index (κ1) is 24.3. The van der Waals surface area contributed by atoms with Crippen LogP contribution in [-0.4, -0.2) is 31.2 Å². The number of amides is 1. The molecule has 0 saturated heterocycles. The van der Waals surface area contributed by atoms with E-state index in [2.05, 4.69) is 28.2 Å². The molecule has 0 radical (unpaired) electrons. The number of hydrogen-bond donors (Lipinski definition) is 1. The molecule has 1 atom stereocenters. The summed E-state index contributed by atoms with van der Waals surface area (Å²) in [7, 11) is 3.24. The van der Waals surface area contributed by atoms with E-state index < -0.39 is 0 Å². The van der Waals surface area contributed by atoms with Crippen molar-refractivity contribution in [3.63, 3.8) is 0 Å². The molecule has 0 aliphatic heterocycles. The van der Waals surface area contributed by atoms with E-state index in [1.54, 1.807) is 26.4 Å². The highest BCUT2D eigenvalue weighted by atomic mass is 19.1. The zero-order valence-electron chi connectivity index (χ0n) is 20.4. The van der Waals surface area contributed by atoms with Crippen LogP contribution < -0.4 is 14.8 Å². The average Bonchev–Trinajstić information content (AvgIpc) is 3.25. The highest BCUT2D eigenvalue weighted by molar-refractivity contribution is 5.87. The first-order chi connectivity index (χ1) is 17.0. The lowest BCUT2D eigenvalue weighted by Gasteiger charge is -2.19. The van der Waals surface area contributed by atoms with Crippen molar-refractivity contribution in [2.45, 2.75) is 32.2 Å². The van der Waals surface area contributed by atoms with Crippen molar-refractivity contribution in [3.05, 3.63) is 95.4 Å². The zero-order valence-corrected chi connectivity index (χ0v) is 20.4. The molecule has 0 fully saturated rings. The number of carbonyl (C=O) groups excluding carboxylic acids is 1. The third kappa shape index (κ3) is 5.65. The molecular weight excluding hydrogens is 443 g/mol. The Morgan fingerprint density at radius 2 is 1.69 bits per heavy atom. The quantitative estimate of drug-likeness (QED) is 0.312. The number of methoxy groups -OCH3 is 2. The fourth-order valence-corrected chi connectivity index (χ4v) is 4.43. The molecule has 1 heterocycles. The molecule has 5 nitrogen and oxygen atoms in total. The van der Waals surface area contributed by atoms with Crippen molar-refractivity contribution < 1.29 is 18.7 Å². The molecular formula is C29H31FN2O3. The van der Waals surface area contributed by atoms with Gasteiger partial charge in [-0.2, -0.15) is 0 Å². The predicted octanol–water partition coefficient (Wildman–Crippen LogP) is 5.89. The normalized spacial score (nSPS) is 11.9. The van der Waals surface area contributed by atoms with Gasteiger partial charge >= 0.3 is 0 Å². The molecule has 1 unspecified atom stereocenters. The second kappa shape index (κ2) is 11.1. The number of hydrogen-bond acceptors (Lipinski definition) is 3. The van der Waals surface area contributed by atoms with Crippen molar-refractivity contribution >= 4 is 16.8 Å². The van der Waals surface area contributed by atoms with Crippen molar-refractivity contribution in [3.8, 4) is 11.5 Å². The molecule has 182 valence electrons. The highest BCUT2D eigenvalue weighted by Crippen LogP contribution is 2.38. The van der Waals surface area contributed by atoms with Gasteiger partial charge in [0.15, 0.2) is 0 Å². The van der Waals surface area contributed by atoms with Gasteiger partial charge in [-0.05, 0) is 53.4 Å². The van der Waals surface area contributed by atoms with Crippen LogP contribution in [0, 0.1) is 5.82 Å². The molecule has 0 spiro atoms. The molecule has 4 rings (SSSR count). The standard InChI is InChI=1S/C29H31FN2O3/c1-4-13-31-29(33)17-26(21-14-23(34-2)16-24(15-21)35-3)27-19-32(28-8-6-5-7-25(27)28)18-20-9-11-22(30)12-10-20/h5-12,14-16,19,26H,4,13,17-18H2,1-3H3,(H,31,33). The van der Waals surface area contributed by atoms with E-state index in [9.17, 15) is 9.18 Å². The van der Waals surface area contributed by atoms with Gasteiger partial charge in [0.05, 0.1) is 14.2 Å². The van der Waals surface area contributed by atoms with Crippen molar-refractivity contribution in [1.29, 1.82) is 0 Å². The Balaban J connectivity index is 1.82. The van der Waals surface area contributed by atoms with Crippen molar-refractivity contribution in [1.82, 2.24) is 9.88 Å². The van der Waals surface area contributed by atoms with Gasteiger partial charge in [-0.25, -0.2) is 4.39 Å². The summed E-state index contributed by atoms with van der Waals surface area (Å²) in [6.45, 7) is 3.27. The number of halogens is 1. The molecule has 6 heteroatoms. The summed E-state index contributed by atoms with van der Waals surface area (Å²) in [6, 6.07) is 20.5. The van der Waals surface area contributed by atoms with E-state index in [-0.39, 0.29) is 17.6 Å². The lowest BCUT2D eigenvalue weighted by atomic mass is 9.87. The third-order valence-electron chi connectivity index (χ3n) is 6.20. The minimum atomic E-state index is -0.253. The smallest absolute Gasteiger partial charge is 0.220 e. The number of ether oxygens (including phenoxy) is 2. The van der Waals surface area contributed by atoms with Crippen LogP contribution in [0.4, 0.5) is 4.39 Å². The van der Waals surface area contributed by atoms with Crippen LogP contribution in [0.25, 0.3) is 10.9 Å². The van der Waals surface area contributed by atoms with Gasteiger partial charge in [0, 0.05) is 48.6 Å². The lowest BCUT2D eigenvalue weighted by Crippen LogP contribution is -2.26. The van der Waals surface area contributed by atoms with Crippen LogP contribution >= 0.6 is 0 Å². The second-order valence-electron chi connectivity index (χ2n) is 8.61. The van der Waals surface area contributed by atoms with Crippen LogP contribution in [0.15, 0.2) is 72.9 Å². The van der Waals surface area contributed by atoms with Crippen molar-refractivity contribution in [2.75, 3.05) is 20.8 Å². The summed E-state index contributed by atoms with van der Waals surface area (Å²) in [4.78, 5) is 12.9. The van der Waals surface area contributed by atoms with E-state index in [1.165, 1.54) is 12.1 Å². The SMILES string of the molecule is CCCNC(=O)CC(c1cc(OC)cc(OC)c1)c1cn(Cc2ccc(F)cc2)c2ccccc12. The number of nitrogens with zero attached hydrogens (tertiary/aromatic N) is 1. The van der Waals surface area contributed by atoms with Gasteiger partial charge in [0.2, 0.25) is 5.91 Å².